The predicted octanol–water partition coefficient (Wildman–Crippen LogP) is 0.920. The summed E-state index contributed by atoms with van der Waals surface area (Å²) in [4.78, 5) is 0. The number of rotatable bonds is 1. The second kappa shape index (κ2) is 1.85. The summed E-state index contributed by atoms with van der Waals surface area (Å²) in [6, 6.07) is 0. The van der Waals surface area contributed by atoms with Gasteiger partial charge in [0.2, 0.25) is 6.10 Å². The molecule has 0 amide bonds. The van der Waals surface area contributed by atoms with E-state index in [1.807, 2.05) is 0 Å². The van der Waals surface area contributed by atoms with E-state index in [2.05, 4.69) is 9.47 Å². The van der Waals surface area contributed by atoms with E-state index in [1.165, 1.54) is 7.11 Å². The molecular weight excluding hydrogens is 137 g/mol. The van der Waals surface area contributed by atoms with Crippen molar-refractivity contribution in [3.63, 3.8) is 0 Å². The lowest BCUT2D eigenvalue weighted by Crippen LogP contribution is -2.19. The van der Waals surface area contributed by atoms with Gasteiger partial charge in [-0.15, -0.1) is 0 Å². The first-order valence-corrected chi connectivity index (χ1v) is 2.30. The Balaban J connectivity index is 2.33. The van der Waals surface area contributed by atoms with E-state index in [-0.39, 0.29) is 0 Å². The van der Waals surface area contributed by atoms with Gasteiger partial charge in [0, 0.05) is 7.11 Å². The van der Waals surface area contributed by atoms with Gasteiger partial charge in [-0.3, -0.25) is 0 Å². The van der Waals surface area contributed by atoms with Gasteiger partial charge in [0.15, 0.2) is 6.29 Å². The van der Waals surface area contributed by atoms with Crippen LogP contribution in [0.2, 0.25) is 0 Å². The van der Waals surface area contributed by atoms with E-state index in [1.54, 1.807) is 0 Å². The molecule has 1 fully saturated rings. The molecule has 54 valence electrons. The Hall–Kier alpha value is -0.290. The van der Waals surface area contributed by atoms with Gasteiger partial charge in [-0.1, -0.05) is 0 Å². The molecule has 0 aliphatic carbocycles. The number of ether oxygens (including phenoxy) is 2. The van der Waals surface area contributed by atoms with Crippen molar-refractivity contribution >= 4 is 0 Å². The average molecular weight is 142 g/mol. The molecule has 1 rings (SSSR count). The lowest BCUT2D eigenvalue weighted by molar-refractivity contribution is -0.147. The molecule has 0 saturated carbocycles. The molecule has 2 nitrogen and oxygen atoms in total. The van der Waals surface area contributed by atoms with Crippen molar-refractivity contribution in [1.29, 1.82) is 0 Å². The van der Waals surface area contributed by atoms with Crippen LogP contribution in [0.1, 0.15) is 0 Å². The minimum Gasteiger partial charge on any atom is -0.353 e. The van der Waals surface area contributed by atoms with Gasteiger partial charge < -0.3 is 9.47 Å². The van der Waals surface area contributed by atoms with Gasteiger partial charge in [-0.2, -0.15) is 13.2 Å². The van der Waals surface area contributed by atoms with Gasteiger partial charge in [-0.25, -0.2) is 0 Å². The number of methoxy groups -OCH3 is 1. The highest BCUT2D eigenvalue weighted by Gasteiger charge is 2.58. The van der Waals surface area contributed by atoms with Crippen molar-refractivity contribution in [2.24, 2.45) is 0 Å². The summed E-state index contributed by atoms with van der Waals surface area (Å²) in [6.45, 7) is 0. The van der Waals surface area contributed by atoms with Crippen LogP contribution < -0.4 is 0 Å². The van der Waals surface area contributed by atoms with Crippen molar-refractivity contribution in [1.82, 2.24) is 0 Å². The highest BCUT2D eigenvalue weighted by molar-refractivity contribution is 4.83. The molecule has 2 unspecified atom stereocenters. The lowest BCUT2D eigenvalue weighted by atomic mass is 10.4. The zero-order chi connectivity index (χ0) is 7.07. The smallest absolute Gasteiger partial charge is 0.353 e. The fourth-order valence-electron chi connectivity index (χ4n) is 0.510. The van der Waals surface area contributed by atoms with E-state index >= 15 is 0 Å². The summed E-state index contributed by atoms with van der Waals surface area (Å²) in [7, 11) is 1.18. The van der Waals surface area contributed by atoms with E-state index in [0.29, 0.717) is 0 Å². The van der Waals surface area contributed by atoms with E-state index in [9.17, 15) is 13.2 Å². The largest absolute Gasteiger partial charge is 0.419 e. The summed E-state index contributed by atoms with van der Waals surface area (Å²) in [5, 5.41) is 0. The molecule has 0 spiro atoms. The molecule has 0 aromatic heterocycles. The Kier molecular flexibility index (Phi) is 1.40. The van der Waals surface area contributed by atoms with Gasteiger partial charge in [0.1, 0.15) is 0 Å². The Morgan fingerprint density at radius 1 is 1.44 bits per heavy atom. The average Bonchev–Trinajstić information content (AvgIpc) is 2.39. The third-order valence-corrected chi connectivity index (χ3v) is 1.01. The van der Waals surface area contributed by atoms with Crippen LogP contribution in [0.3, 0.4) is 0 Å². The van der Waals surface area contributed by atoms with Crippen molar-refractivity contribution in [2.45, 2.75) is 18.6 Å². The molecule has 1 aliphatic rings. The van der Waals surface area contributed by atoms with Crippen LogP contribution in [0.4, 0.5) is 13.2 Å². The summed E-state index contributed by atoms with van der Waals surface area (Å²) >= 11 is 0. The van der Waals surface area contributed by atoms with E-state index in [0.717, 1.165) is 0 Å². The minimum atomic E-state index is -4.26. The molecule has 5 heteroatoms. The summed E-state index contributed by atoms with van der Waals surface area (Å²) in [6.07, 6.45) is -7.02. The normalized spacial score (nSPS) is 34.7. The Bertz CT molecular complexity index is 111. The van der Waals surface area contributed by atoms with E-state index < -0.39 is 18.6 Å². The lowest BCUT2D eigenvalue weighted by Gasteiger charge is -1.98. The molecule has 0 N–H and O–H groups in total. The third-order valence-electron chi connectivity index (χ3n) is 1.01. The number of halogens is 3. The molecule has 9 heavy (non-hydrogen) atoms. The highest BCUT2D eigenvalue weighted by Crippen LogP contribution is 2.37. The summed E-state index contributed by atoms with van der Waals surface area (Å²) in [5.41, 5.74) is 0. The number of hydrogen-bond acceptors (Lipinski definition) is 2. The SMILES string of the molecule is COC1OC1C(F)(F)F. The molecule has 0 bridgehead atoms. The van der Waals surface area contributed by atoms with E-state index in [4.69, 9.17) is 0 Å². The van der Waals surface area contributed by atoms with Gasteiger partial charge in [0.05, 0.1) is 0 Å². The van der Waals surface area contributed by atoms with Crippen LogP contribution in [0.15, 0.2) is 0 Å². The van der Waals surface area contributed by atoms with Crippen LogP contribution in [0.25, 0.3) is 0 Å². The van der Waals surface area contributed by atoms with Crippen molar-refractivity contribution in [3.05, 3.63) is 0 Å². The van der Waals surface area contributed by atoms with Crippen molar-refractivity contribution in [3.8, 4) is 0 Å². The maximum absolute atomic E-state index is 11.5. The monoisotopic (exact) mass is 142 g/mol. The van der Waals surface area contributed by atoms with Crippen LogP contribution in [0.5, 0.6) is 0 Å². The number of hydrogen-bond donors (Lipinski definition) is 0. The number of alkyl halides is 3. The Labute approximate surface area is 49.6 Å². The Morgan fingerprint density at radius 3 is 2.11 bits per heavy atom. The first-order chi connectivity index (χ1) is 4.05. The topological polar surface area (TPSA) is 21.8 Å². The highest BCUT2D eigenvalue weighted by atomic mass is 19.4. The molecule has 0 radical (unpaired) electrons. The van der Waals surface area contributed by atoms with Gasteiger partial charge >= 0.3 is 6.18 Å². The molecule has 0 aromatic carbocycles. The van der Waals surface area contributed by atoms with Crippen LogP contribution in [-0.4, -0.2) is 25.7 Å². The maximum Gasteiger partial charge on any atom is 0.419 e. The van der Waals surface area contributed by atoms with Crippen molar-refractivity contribution in [2.75, 3.05) is 7.11 Å². The predicted molar refractivity (Wildman–Crippen MR) is 21.7 cm³/mol. The summed E-state index contributed by atoms with van der Waals surface area (Å²) in [5.74, 6) is 0. The van der Waals surface area contributed by atoms with Crippen LogP contribution in [-0.2, 0) is 9.47 Å². The van der Waals surface area contributed by atoms with Crippen LogP contribution >= 0.6 is 0 Å². The number of epoxide rings is 1. The van der Waals surface area contributed by atoms with Crippen molar-refractivity contribution < 1.29 is 22.6 Å². The third kappa shape index (κ3) is 1.34. The fourth-order valence-corrected chi connectivity index (χ4v) is 0.510. The first kappa shape index (κ1) is 6.82. The quantitative estimate of drug-likeness (QED) is 0.508. The Morgan fingerprint density at radius 2 is 2.00 bits per heavy atom. The molecule has 1 saturated heterocycles. The van der Waals surface area contributed by atoms with Gasteiger partial charge in [0.25, 0.3) is 0 Å². The summed E-state index contributed by atoms with van der Waals surface area (Å²) < 4.78 is 42.8. The van der Waals surface area contributed by atoms with Gasteiger partial charge in [-0.05, 0) is 0 Å². The standard InChI is InChI=1S/C4H5F3O2/c1-8-3-2(9-3)4(5,6)7/h2-3H,1H3. The molecular formula is C4H5F3O2. The minimum absolute atomic E-state index is 1.06. The molecule has 2 atom stereocenters. The second-order valence-electron chi connectivity index (χ2n) is 1.70. The zero-order valence-corrected chi connectivity index (χ0v) is 4.61. The molecule has 0 aromatic rings. The molecule has 1 aliphatic heterocycles. The van der Waals surface area contributed by atoms with Crippen LogP contribution in [0, 0.1) is 0 Å². The zero-order valence-electron chi connectivity index (χ0n) is 4.61. The fraction of sp³-hybridized carbons (Fsp3) is 1.00. The second-order valence-corrected chi connectivity index (χ2v) is 1.70. The first-order valence-electron chi connectivity index (χ1n) is 2.30. The maximum atomic E-state index is 11.5. The molecule has 1 heterocycles.